The van der Waals surface area contributed by atoms with Crippen LogP contribution in [-0.2, 0) is 0 Å². The van der Waals surface area contributed by atoms with Crippen LogP contribution in [-0.4, -0.2) is 0 Å². The third kappa shape index (κ3) is 4.10. The Balaban J connectivity index is 1.56. The van der Waals surface area contributed by atoms with Crippen molar-refractivity contribution in [2.75, 3.05) is 0 Å². The molecule has 0 heterocycles. The van der Waals surface area contributed by atoms with Crippen molar-refractivity contribution < 1.29 is 0 Å². The highest BCUT2D eigenvalue weighted by Crippen LogP contribution is 2.46. The monoisotopic (exact) mass is 350 g/mol. The second-order valence-corrected chi connectivity index (χ2v) is 9.45. The lowest BCUT2D eigenvalue weighted by molar-refractivity contribution is 0.182. The molecule has 0 amide bonds. The molecule has 0 aromatic heterocycles. The zero-order valence-corrected chi connectivity index (χ0v) is 16.7. The third-order valence-corrected chi connectivity index (χ3v) is 7.86. The molecule has 0 spiro atoms. The van der Waals surface area contributed by atoms with Crippen molar-refractivity contribution in [3.8, 4) is 0 Å². The van der Waals surface area contributed by atoms with E-state index < -0.39 is 0 Å². The first-order chi connectivity index (χ1) is 12.8. The summed E-state index contributed by atoms with van der Waals surface area (Å²) in [6.07, 6.45) is 22.5. The van der Waals surface area contributed by atoms with Crippen molar-refractivity contribution in [2.45, 2.75) is 102 Å². The molecule has 3 aliphatic carbocycles. The van der Waals surface area contributed by atoms with Gasteiger partial charge in [0.1, 0.15) is 0 Å². The summed E-state index contributed by atoms with van der Waals surface area (Å²) in [6.45, 7) is 4.03. The average Bonchev–Trinajstić information content (AvgIpc) is 2.74. The van der Waals surface area contributed by atoms with E-state index >= 15 is 0 Å². The van der Waals surface area contributed by atoms with Crippen molar-refractivity contribution in [1.29, 1.82) is 0 Å². The Morgan fingerprint density at radius 1 is 0.654 bits per heavy atom. The molecular weight excluding hydrogens is 312 g/mol. The van der Waals surface area contributed by atoms with Gasteiger partial charge in [-0.2, -0.15) is 0 Å². The first-order valence-electron chi connectivity index (χ1n) is 11.6. The highest BCUT2D eigenvalue weighted by atomic mass is 14.4. The highest BCUT2D eigenvalue weighted by molar-refractivity contribution is 5.51. The van der Waals surface area contributed by atoms with E-state index in [-0.39, 0.29) is 0 Å². The van der Waals surface area contributed by atoms with E-state index in [1.54, 1.807) is 11.1 Å². The summed E-state index contributed by atoms with van der Waals surface area (Å²) in [5, 5.41) is 0. The van der Waals surface area contributed by atoms with Gasteiger partial charge in [-0.1, -0.05) is 95.1 Å². The van der Waals surface area contributed by atoms with E-state index in [1.165, 1.54) is 95.5 Å². The van der Waals surface area contributed by atoms with Gasteiger partial charge >= 0.3 is 0 Å². The van der Waals surface area contributed by atoms with Gasteiger partial charge in [-0.25, -0.2) is 0 Å². The van der Waals surface area contributed by atoms with Crippen molar-refractivity contribution >= 4 is 6.08 Å². The van der Waals surface area contributed by atoms with E-state index in [0.29, 0.717) is 0 Å². The predicted octanol–water partition coefficient (Wildman–Crippen LogP) is 8.23. The lowest BCUT2D eigenvalue weighted by atomic mass is 9.67. The fraction of sp³-hybridized carbons (Fsp3) is 0.692. The maximum Gasteiger partial charge on any atom is -0.0156 e. The van der Waals surface area contributed by atoms with Crippen LogP contribution in [0.3, 0.4) is 0 Å². The topological polar surface area (TPSA) is 0 Å². The van der Waals surface area contributed by atoms with Crippen molar-refractivity contribution in [3.63, 3.8) is 0 Å². The molecule has 3 saturated carbocycles. The molecule has 3 fully saturated rings. The predicted molar refractivity (Wildman–Crippen MR) is 114 cm³/mol. The number of rotatable bonds is 4. The van der Waals surface area contributed by atoms with Gasteiger partial charge in [-0.3, -0.25) is 0 Å². The summed E-state index contributed by atoms with van der Waals surface area (Å²) >= 11 is 0. The molecule has 1 aromatic carbocycles. The molecule has 0 heteroatoms. The fourth-order valence-corrected chi connectivity index (χ4v) is 6.40. The van der Waals surface area contributed by atoms with Gasteiger partial charge in [0.25, 0.3) is 0 Å². The Morgan fingerprint density at radius 3 is 2.04 bits per heavy atom. The minimum absolute atomic E-state index is 0.814. The van der Waals surface area contributed by atoms with Crippen LogP contribution in [0.5, 0.6) is 0 Å². The molecule has 0 saturated heterocycles. The quantitative estimate of drug-likeness (QED) is 0.513. The van der Waals surface area contributed by atoms with Crippen LogP contribution in [0.1, 0.15) is 118 Å². The van der Waals surface area contributed by atoms with Gasteiger partial charge in [0, 0.05) is 0 Å². The maximum absolute atomic E-state index is 4.03. The zero-order chi connectivity index (χ0) is 17.8. The maximum atomic E-state index is 4.03. The molecule has 0 bridgehead atoms. The van der Waals surface area contributed by atoms with E-state index in [2.05, 4.69) is 24.8 Å². The van der Waals surface area contributed by atoms with E-state index in [0.717, 1.165) is 23.7 Å². The Labute approximate surface area is 161 Å². The Morgan fingerprint density at radius 2 is 1.31 bits per heavy atom. The van der Waals surface area contributed by atoms with E-state index in [9.17, 15) is 0 Å². The molecule has 4 rings (SSSR count). The molecule has 3 aliphatic rings. The van der Waals surface area contributed by atoms with Crippen LogP contribution in [0.25, 0.3) is 6.08 Å². The van der Waals surface area contributed by atoms with Crippen LogP contribution in [0.2, 0.25) is 0 Å². The van der Waals surface area contributed by atoms with Crippen molar-refractivity contribution in [1.82, 2.24) is 0 Å². The number of hydrogen-bond acceptors (Lipinski definition) is 0. The molecule has 2 atom stereocenters. The summed E-state index contributed by atoms with van der Waals surface area (Å²) < 4.78 is 0. The van der Waals surface area contributed by atoms with Gasteiger partial charge < -0.3 is 0 Å². The Hall–Kier alpha value is -1.04. The molecule has 2 unspecified atom stereocenters. The molecule has 0 N–H and O–H groups in total. The largest absolute Gasteiger partial charge is 0.0985 e. The second kappa shape index (κ2) is 8.77. The first-order valence-corrected chi connectivity index (χ1v) is 11.6. The van der Waals surface area contributed by atoms with Crippen molar-refractivity contribution in [3.05, 3.63) is 41.5 Å². The van der Waals surface area contributed by atoms with Crippen LogP contribution in [0, 0.1) is 11.8 Å². The smallest absolute Gasteiger partial charge is 0.0156 e. The standard InChI is InChI=1S/C26H38/c1-2-20-16-17-25(26(18-20)22-12-7-4-8-13-22)24-15-9-14-23(19-24)21-10-5-3-6-11-21/h2,16-18,21-24H,1,3-15,19H2. The lowest BCUT2D eigenvalue weighted by Crippen LogP contribution is -2.24. The SMILES string of the molecule is C=Cc1ccc(C2CCCC(C3CCCCC3)C2)c(C2CCCCC2)c1. The van der Waals surface area contributed by atoms with Crippen LogP contribution < -0.4 is 0 Å². The molecular formula is C26H38. The molecule has 0 aliphatic heterocycles. The van der Waals surface area contributed by atoms with E-state index in [4.69, 9.17) is 0 Å². The molecule has 0 nitrogen and oxygen atoms in total. The molecule has 26 heavy (non-hydrogen) atoms. The lowest BCUT2D eigenvalue weighted by Gasteiger charge is -2.38. The second-order valence-electron chi connectivity index (χ2n) is 9.45. The van der Waals surface area contributed by atoms with Crippen molar-refractivity contribution in [2.24, 2.45) is 11.8 Å². The summed E-state index contributed by atoms with van der Waals surface area (Å²) in [4.78, 5) is 0. The Kier molecular flexibility index (Phi) is 6.18. The first kappa shape index (κ1) is 18.3. The molecule has 1 aromatic rings. The fourth-order valence-electron chi connectivity index (χ4n) is 6.40. The van der Waals surface area contributed by atoms with Gasteiger partial charge in [-0.15, -0.1) is 0 Å². The minimum Gasteiger partial charge on any atom is -0.0985 e. The average molecular weight is 351 g/mol. The van der Waals surface area contributed by atoms with Crippen LogP contribution in [0.4, 0.5) is 0 Å². The minimum atomic E-state index is 0.814. The summed E-state index contributed by atoms with van der Waals surface area (Å²) in [5.41, 5.74) is 4.76. The van der Waals surface area contributed by atoms with E-state index in [1.807, 2.05) is 6.08 Å². The van der Waals surface area contributed by atoms with Gasteiger partial charge in [0.05, 0.1) is 0 Å². The zero-order valence-electron chi connectivity index (χ0n) is 16.7. The highest BCUT2D eigenvalue weighted by Gasteiger charge is 2.31. The normalized spacial score (nSPS) is 28.8. The summed E-state index contributed by atoms with van der Waals surface area (Å²) in [5.74, 6) is 3.68. The summed E-state index contributed by atoms with van der Waals surface area (Å²) in [7, 11) is 0. The summed E-state index contributed by atoms with van der Waals surface area (Å²) in [6, 6.07) is 7.33. The van der Waals surface area contributed by atoms with Gasteiger partial charge in [0.2, 0.25) is 0 Å². The molecule has 0 radical (unpaired) electrons. The van der Waals surface area contributed by atoms with Gasteiger partial charge in [0.15, 0.2) is 0 Å². The molecule has 142 valence electrons. The Bertz CT molecular complexity index is 586. The van der Waals surface area contributed by atoms with Crippen LogP contribution in [0.15, 0.2) is 24.8 Å². The number of hydrogen-bond donors (Lipinski definition) is 0. The third-order valence-electron chi connectivity index (χ3n) is 7.86. The van der Waals surface area contributed by atoms with Gasteiger partial charge in [-0.05, 0) is 66.0 Å². The number of benzene rings is 1. The van der Waals surface area contributed by atoms with Crippen LogP contribution >= 0.6 is 0 Å².